The molecule has 1 nitrogen and oxygen atoms in total. The molecule has 0 heterocycles. The van der Waals surface area contributed by atoms with Gasteiger partial charge in [0, 0.05) is 6.61 Å². The molecule has 168 valence electrons. The minimum atomic E-state index is 0.240. The zero-order valence-corrected chi connectivity index (χ0v) is 19.1. The van der Waals surface area contributed by atoms with Crippen molar-refractivity contribution in [2.75, 3.05) is 6.61 Å². The number of hydrogen-bond acceptors (Lipinski definition) is 1. The number of aliphatic hydroxyl groups excluding tert-OH is 1. The third-order valence-electron chi connectivity index (χ3n) is 3.91. The molecule has 0 atom stereocenters. The van der Waals surface area contributed by atoms with Crippen molar-refractivity contribution in [1.82, 2.24) is 0 Å². The fraction of sp³-hybridized carbons (Fsp3) is 0.0625. The Kier molecular flexibility index (Phi) is 18.7. The summed E-state index contributed by atoms with van der Waals surface area (Å²) in [4.78, 5) is 0. The summed E-state index contributed by atoms with van der Waals surface area (Å²) in [7, 11) is 0. The number of aliphatic hydroxyl groups is 1. The summed E-state index contributed by atoms with van der Waals surface area (Å²) in [6, 6.07) is 57.9. The van der Waals surface area contributed by atoms with Crippen LogP contribution < -0.4 is 0 Å². The molecule has 1 N–H and O–H groups in total. The molecule has 0 saturated heterocycles. The molecule has 0 aliphatic carbocycles. The van der Waals surface area contributed by atoms with Gasteiger partial charge in [0.2, 0.25) is 0 Å². The van der Waals surface area contributed by atoms with E-state index in [1.54, 1.807) is 0 Å². The van der Waals surface area contributed by atoms with E-state index in [0.29, 0.717) is 0 Å². The predicted octanol–water partition coefficient (Wildman–Crippen LogP) is 7.97. The Balaban J connectivity index is 0.000000209. The molecule has 33 heavy (non-hydrogen) atoms. The largest absolute Gasteiger partial charge is 0.396 e. The summed E-state index contributed by atoms with van der Waals surface area (Å²) < 4.78 is 0. The van der Waals surface area contributed by atoms with Crippen LogP contribution in [0.4, 0.5) is 0 Å². The Hall–Kier alpha value is -3.94. The molecule has 5 aromatic rings. The first kappa shape index (κ1) is 27.1. The Morgan fingerprint density at radius 3 is 0.667 bits per heavy atom. The van der Waals surface area contributed by atoms with Crippen molar-refractivity contribution in [2.24, 2.45) is 0 Å². The highest BCUT2D eigenvalue weighted by Gasteiger charge is 1.85. The molecule has 0 saturated carbocycles. The predicted molar refractivity (Wildman–Crippen MR) is 143 cm³/mol. The summed E-state index contributed by atoms with van der Waals surface area (Å²) in [5.41, 5.74) is 1.19. The molecule has 0 spiro atoms. The monoisotopic (exact) mass is 434 g/mol. The first-order valence-electron chi connectivity index (χ1n) is 11.1. The van der Waals surface area contributed by atoms with Gasteiger partial charge in [-0.25, -0.2) is 0 Å². The van der Waals surface area contributed by atoms with E-state index < -0.39 is 0 Å². The highest BCUT2D eigenvalue weighted by Crippen LogP contribution is 1.97. The molecule has 0 aromatic heterocycles. The average Bonchev–Trinajstić information content (AvgIpc) is 2.95. The summed E-state index contributed by atoms with van der Waals surface area (Å²) >= 11 is 0. The van der Waals surface area contributed by atoms with Crippen molar-refractivity contribution in [1.29, 1.82) is 0 Å². The highest BCUT2D eigenvalue weighted by molar-refractivity contribution is 5.14. The van der Waals surface area contributed by atoms with Gasteiger partial charge in [-0.3, -0.25) is 0 Å². The highest BCUT2D eigenvalue weighted by atomic mass is 16.2. The van der Waals surface area contributed by atoms with Crippen LogP contribution in [0.15, 0.2) is 176 Å². The van der Waals surface area contributed by atoms with Crippen LogP contribution in [0.2, 0.25) is 0 Å². The SMILES string of the molecule is OCCc1ccccc1.c1ccccc1.c1ccccc1.c1ccccc1.c1ccccc1. The van der Waals surface area contributed by atoms with Gasteiger partial charge in [-0.15, -0.1) is 0 Å². The second-order valence-corrected chi connectivity index (χ2v) is 6.58. The van der Waals surface area contributed by atoms with Gasteiger partial charge in [0.15, 0.2) is 0 Å². The van der Waals surface area contributed by atoms with Gasteiger partial charge in [-0.1, -0.05) is 176 Å². The molecule has 5 rings (SSSR count). The maximum atomic E-state index is 8.52. The lowest BCUT2D eigenvalue weighted by atomic mass is 10.2. The fourth-order valence-corrected chi connectivity index (χ4v) is 2.31. The lowest BCUT2D eigenvalue weighted by Crippen LogP contribution is -1.88. The zero-order valence-electron chi connectivity index (χ0n) is 19.1. The number of benzene rings is 5. The second-order valence-electron chi connectivity index (χ2n) is 6.58. The Bertz CT molecular complexity index is 709. The Morgan fingerprint density at radius 2 is 0.485 bits per heavy atom. The van der Waals surface area contributed by atoms with Gasteiger partial charge in [0.05, 0.1) is 0 Å². The van der Waals surface area contributed by atoms with Gasteiger partial charge < -0.3 is 5.11 Å². The summed E-state index contributed by atoms with van der Waals surface area (Å²) in [5.74, 6) is 0. The van der Waals surface area contributed by atoms with E-state index in [2.05, 4.69) is 0 Å². The van der Waals surface area contributed by atoms with Crippen molar-refractivity contribution < 1.29 is 5.11 Å². The smallest absolute Gasteiger partial charge is 0.0471 e. The Morgan fingerprint density at radius 1 is 0.303 bits per heavy atom. The third-order valence-corrected chi connectivity index (χ3v) is 3.91. The van der Waals surface area contributed by atoms with Gasteiger partial charge in [0.1, 0.15) is 0 Å². The molecule has 0 aliphatic heterocycles. The summed E-state index contributed by atoms with van der Waals surface area (Å²) in [6.45, 7) is 0.240. The first-order valence-corrected chi connectivity index (χ1v) is 11.1. The van der Waals surface area contributed by atoms with Crippen LogP contribution in [0.3, 0.4) is 0 Å². The molecule has 0 amide bonds. The topological polar surface area (TPSA) is 20.2 Å². The van der Waals surface area contributed by atoms with Crippen molar-refractivity contribution in [2.45, 2.75) is 6.42 Å². The molecular formula is C32H34O. The average molecular weight is 435 g/mol. The summed E-state index contributed by atoms with van der Waals surface area (Å²) in [5, 5.41) is 8.52. The number of hydrogen-bond donors (Lipinski definition) is 1. The molecule has 1 heteroatoms. The van der Waals surface area contributed by atoms with Crippen LogP contribution in [0.5, 0.6) is 0 Å². The standard InChI is InChI=1S/C8H10O.4C6H6/c9-7-6-8-4-2-1-3-5-8;4*1-2-4-6-5-3-1/h1-5,9H,6-7H2;4*1-6H. The van der Waals surface area contributed by atoms with Crippen LogP contribution in [0, 0.1) is 0 Å². The van der Waals surface area contributed by atoms with Crippen LogP contribution in [-0.4, -0.2) is 11.7 Å². The van der Waals surface area contributed by atoms with E-state index in [9.17, 15) is 0 Å². The van der Waals surface area contributed by atoms with E-state index in [-0.39, 0.29) is 6.61 Å². The lowest BCUT2D eigenvalue weighted by Gasteiger charge is -1.93. The maximum Gasteiger partial charge on any atom is 0.0471 e. The molecule has 0 bridgehead atoms. The second kappa shape index (κ2) is 22.7. The molecule has 5 aromatic carbocycles. The van der Waals surface area contributed by atoms with E-state index >= 15 is 0 Å². The minimum absolute atomic E-state index is 0.240. The van der Waals surface area contributed by atoms with Gasteiger partial charge in [0.25, 0.3) is 0 Å². The third kappa shape index (κ3) is 19.8. The molecule has 0 unspecified atom stereocenters. The van der Waals surface area contributed by atoms with Crippen molar-refractivity contribution in [3.8, 4) is 0 Å². The van der Waals surface area contributed by atoms with Gasteiger partial charge >= 0.3 is 0 Å². The Labute approximate surface area is 199 Å². The van der Waals surface area contributed by atoms with E-state index in [1.807, 2.05) is 176 Å². The van der Waals surface area contributed by atoms with Crippen LogP contribution >= 0.6 is 0 Å². The molecule has 0 radical (unpaired) electrons. The first-order chi connectivity index (χ1) is 16.4. The fourth-order valence-electron chi connectivity index (χ4n) is 2.31. The van der Waals surface area contributed by atoms with Gasteiger partial charge in [-0.05, 0) is 12.0 Å². The lowest BCUT2D eigenvalue weighted by molar-refractivity contribution is 0.299. The molecule has 0 aliphatic rings. The zero-order chi connectivity index (χ0) is 23.5. The van der Waals surface area contributed by atoms with E-state index in [0.717, 1.165) is 6.42 Å². The van der Waals surface area contributed by atoms with E-state index in [4.69, 9.17) is 5.11 Å². The van der Waals surface area contributed by atoms with Crippen molar-refractivity contribution >= 4 is 0 Å². The van der Waals surface area contributed by atoms with Crippen molar-refractivity contribution in [3.63, 3.8) is 0 Å². The van der Waals surface area contributed by atoms with Crippen molar-refractivity contribution in [3.05, 3.63) is 181 Å². The summed E-state index contributed by atoms with van der Waals surface area (Å²) in [6.07, 6.45) is 0.765. The number of rotatable bonds is 2. The maximum absolute atomic E-state index is 8.52. The van der Waals surface area contributed by atoms with Gasteiger partial charge in [-0.2, -0.15) is 0 Å². The molecular weight excluding hydrogens is 400 g/mol. The van der Waals surface area contributed by atoms with Crippen LogP contribution in [0.25, 0.3) is 0 Å². The normalized spacial score (nSPS) is 8.39. The van der Waals surface area contributed by atoms with Crippen LogP contribution in [0.1, 0.15) is 5.56 Å². The molecule has 0 fully saturated rings. The minimum Gasteiger partial charge on any atom is -0.396 e. The van der Waals surface area contributed by atoms with Crippen LogP contribution in [-0.2, 0) is 6.42 Å². The quantitative estimate of drug-likeness (QED) is 0.299. The van der Waals surface area contributed by atoms with E-state index in [1.165, 1.54) is 5.56 Å².